The fraction of sp³-hybridized carbons (Fsp3) is 0.600. The Morgan fingerprint density at radius 1 is 1.06 bits per heavy atom. The molecule has 0 aliphatic carbocycles. The highest BCUT2D eigenvalue weighted by molar-refractivity contribution is 5.48. The summed E-state index contributed by atoms with van der Waals surface area (Å²) in [7, 11) is 0. The van der Waals surface area contributed by atoms with Crippen LogP contribution in [-0.4, -0.2) is 26.3 Å². The van der Waals surface area contributed by atoms with Gasteiger partial charge in [-0.25, -0.2) is 0 Å². The van der Waals surface area contributed by atoms with Crippen molar-refractivity contribution in [3.63, 3.8) is 0 Å². The molecule has 0 spiro atoms. The van der Waals surface area contributed by atoms with Crippen LogP contribution in [0.15, 0.2) is 24.3 Å². The molecule has 2 heteroatoms. The summed E-state index contributed by atoms with van der Waals surface area (Å²) in [6.07, 6.45) is 1.14. The van der Waals surface area contributed by atoms with Crippen LogP contribution in [0.5, 0.6) is 0 Å². The monoisotopic (exact) mass is 233 g/mol. The molecule has 0 aromatic heterocycles. The van der Waals surface area contributed by atoms with E-state index in [1.165, 1.54) is 11.3 Å². The average Bonchev–Trinajstić information content (AvgIpc) is 2.29. The van der Waals surface area contributed by atoms with Gasteiger partial charge in [-0.1, -0.05) is 32.9 Å². The summed E-state index contributed by atoms with van der Waals surface area (Å²) in [5.74, 6) is 0. The molecule has 1 aromatic rings. The summed E-state index contributed by atoms with van der Waals surface area (Å²) < 4.78 is 5.37. The first-order valence-electron chi connectivity index (χ1n) is 6.46. The van der Waals surface area contributed by atoms with Gasteiger partial charge in [-0.3, -0.25) is 0 Å². The molecular weight excluding hydrogens is 210 g/mol. The Bertz CT molecular complexity index is 344. The van der Waals surface area contributed by atoms with Gasteiger partial charge in [-0.15, -0.1) is 0 Å². The fourth-order valence-electron chi connectivity index (χ4n) is 2.26. The van der Waals surface area contributed by atoms with Crippen molar-refractivity contribution >= 4 is 5.69 Å². The quantitative estimate of drug-likeness (QED) is 0.778. The van der Waals surface area contributed by atoms with Crippen LogP contribution in [0.2, 0.25) is 0 Å². The van der Waals surface area contributed by atoms with Crippen molar-refractivity contribution in [1.82, 2.24) is 0 Å². The van der Waals surface area contributed by atoms with E-state index < -0.39 is 0 Å². The Hall–Kier alpha value is -1.02. The summed E-state index contributed by atoms with van der Waals surface area (Å²) in [5.41, 5.74) is 3.11. The largest absolute Gasteiger partial charge is 0.378 e. The number of hydrogen-bond donors (Lipinski definition) is 0. The van der Waals surface area contributed by atoms with E-state index in [1.54, 1.807) is 0 Å². The first-order chi connectivity index (χ1) is 8.04. The lowest BCUT2D eigenvalue weighted by atomic mass is 9.88. The minimum Gasteiger partial charge on any atom is -0.378 e. The normalized spacial score (nSPS) is 17.2. The minimum absolute atomic E-state index is 0.362. The molecule has 0 saturated carbocycles. The maximum Gasteiger partial charge on any atom is 0.0642 e. The Balaban J connectivity index is 2.02. The standard InChI is InChI=1S/C15H23NO/c1-15(2,3)12-13-4-6-14(7-5-13)16-8-10-17-11-9-16/h4-7H,8-12H2,1-3H3. The molecule has 0 bridgehead atoms. The Labute approximate surface area is 105 Å². The summed E-state index contributed by atoms with van der Waals surface area (Å²) in [6.45, 7) is 10.6. The topological polar surface area (TPSA) is 12.5 Å². The van der Waals surface area contributed by atoms with Crippen molar-refractivity contribution in [2.75, 3.05) is 31.2 Å². The highest BCUT2D eigenvalue weighted by Crippen LogP contribution is 2.23. The van der Waals surface area contributed by atoms with Crippen LogP contribution >= 0.6 is 0 Å². The van der Waals surface area contributed by atoms with Gasteiger partial charge in [0.1, 0.15) is 0 Å². The molecular formula is C15H23NO. The van der Waals surface area contributed by atoms with Crippen molar-refractivity contribution in [3.05, 3.63) is 29.8 Å². The second-order valence-corrected chi connectivity index (χ2v) is 6.00. The van der Waals surface area contributed by atoms with E-state index >= 15 is 0 Å². The molecule has 0 atom stereocenters. The van der Waals surface area contributed by atoms with Gasteiger partial charge in [-0.05, 0) is 29.5 Å². The lowest BCUT2D eigenvalue weighted by molar-refractivity contribution is 0.122. The van der Waals surface area contributed by atoms with Gasteiger partial charge < -0.3 is 9.64 Å². The van der Waals surface area contributed by atoms with Gasteiger partial charge in [-0.2, -0.15) is 0 Å². The molecule has 2 rings (SSSR count). The van der Waals surface area contributed by atoms with Gasteiger partial charge in [0.25, 0.3) is 0 Å². The molecule has 94 valence electrons. The van der Waals surface area contributed by atoms with Crippen molar-refractivity contribution in [2.45, 2.75) is 27.2 Å². The van der Waals surface area contributed by atoms with Gasteiger partial charge >= 0.3 is 0 Å². The molecule has 17 heavy (non-hydrogen) atoms. The predicted molar refractivity (Wildman–Crippen MR) is 72.6 cm³/mol. The average molecular weight is 233 g/mol. The van der Waals surface area contributed by atoms with Crippen LogP contribution < -0.4 is 4.90 Å². The summed E-state index contributed by atoms with van der Waals surface area (Å²) in [4.78, 5) is 2.39. The van der Waals surface area contributed by atoms with Crippen LogP contribution in [0.25, 0.3) is 0 Å². The van der Waals surface area contributed by atoms with Gasteiger partial charge in [0.2, 0.25) is 0 Å². The van der Waals surface area contributed by atoms with Crippen molar-refractivity contribution in [2.24, 2.45) is 5.41 Å². The molecule has 2 nitrogen and oxygen atoms in total. The van der Waals surface area contributed by atoms with Crippen LogP contribution in [0.3, 0.4) is 0 Å². The van der Waals surface area contributed by atoms with E-state index in [-0.39, 0.29) is 0 Å². The number of nitrogens with zero attached hydrogens (tertiary/aromatic N) is 1. The molecule has 1 aromatic carbocycles. The molecule has 1 heterocycles. The molecule has 0 amide bonds. The zero-order chi connectivity index (χ0) is 12.3. The Morgan fingerprint density at radius 3 is 2.18 bits per heavy atom. The molecule has 1 fully saturated rings. The molecule has 0 unspecified atom stereocenters. The summed E-state index contributed by atoms with van der Waals surface area (Å²) >= 11 is 0. The predicted octanol–water partition coefficient (Wildman–Crippen LogP) is 3.11. The van der Waals surface area contributed by atoms with E-state index in [0.717, 1.165) is 32.7 Å². The third kappa shape index (κ3) is 3.74. The number of hydrogen-bond acceptors (Lipinski definition) is 2. The maximum atomic E-state index is 5.37. The highest BCUT2D eigenvalue weighted by atomic mass is 16.5. The van der Waals surface area contributed by atoms with Crippen molar-refractivity contribution < 1.29 is 4.74 Å². The van der Waals surface area contributed by atoms with Gasteiger partial charge in [0.15, 0.2) is 0 Å². The summed E-state index contributed by atoms with van der Waals surface area (Å²) in [6, 6.07) is 9.00. The van der Waals surface area contributed by atoms with E-state index in [4.69, 9.17) is 4.74 Å². The zero-order valence-electron chi connectivity index (χ0n) is 11.2. The Morgan fingerprint density at radius 2 is 1.65 bits per heavy atom. The minimum atomic E-state index is 0.362. The number of ether oxygens (including phenoxy) is 1. The van der Waals surface area contributed by atoms with E-state index in [9.17, 15) is 0 Å². The maximum absolute atomic E-state index is 5.37. The van der Waals surface area contributed by atoms with Crippen LogP contribution in [-0.2, 0) is 11.2 Å². The smallest absolute Gasteiger partial charge is 0.0642 e. The second-order valence-electron chi connectivity index (χ2n) is 6.00. The van der Waals surface area contributed by atoms with Crippen LogP contribution in [0.1, 0.15) is 26.3 Å². The number of benzene rings is 1. The molecule has 1 saturated heterocycles. The first kappa shape index (κ1) is 12.4. The number of rotatable bonds is 2. The van der Waals surface area contributed by atoms with Gasteiger partial charge in [0, 0.05) is 18.8 Å². The van der Waals surface area contributed by atoms with Crippen LogP contribution in [0, 0.1) is 5.41 Å². The molecule has 0 N–H and O–H groups in total. The SMILES string of the molecule is CC(C)(C)Cc1ccc(N2CCOCC2)cc1. The first-order valence-corrected chi connectivity index (χ1v) is 6.46. The highest BCUT2D eigenvalue weighted by Gasteiger charge is 2.13. The lowest BCUT2D eigenvalue weighted by Crippen LogP contribution is -2.36. The van der Waals surface area contributed by atoms with Gasteiger partial charge in [0.05, 0.1) is 13.2 Å². The summed E-state index contributed by atoms with van der Waals surface area (Å²) in [5, 5.41) is 0. The second kappa shape index (κ2) is 5.09. The third-order valence-electron chi connectivity index (χ3n) is 3.05. The van der Waals surface area contributed by atoms with E-state index in [1.807, 2.05) is 0 Å². The lowest BCUT2D eigenvalue weighted by Gasteiger charge is -2.29. The third-order valence-corrected chi connectivity index (χ3v) is 3.05. The Kier molecular flexibility index (Phi) is 3.72. The van der Waals surface area contributed by atoms with E-state index in [0.29, 0.717) is 5.41 Å². The van der Waals surface area contributed by atoms with Crippen molar-refractivity contribution in [3.8, 4) is 0 Å². The fourth-order valence-corrected chi connectivity index (χ4v) is 2.26. The van der Waals surface area contributed by atoms with E-state index in [2.05, 4.69) is 49.9 Å². The van der Waals surface area contributed by atoms with Crippen LogP contribution in [0.4, 0.5) is 5.69 Å². The number of morpholine rings is 1. The zero-order valence-corrected chi connectivity index (χ0v) is 11.2. The molecule has 1 aliphatic rings. The molecule has 0 radical (unpaired) electrons. The van der Waals surface area contributed by atoms with Crippen molar-refractivity contribution in [1.29, 1.82) is 0 Å². The number of anilines is 1. The molecule has 1 aliphatic heterocycles.